The zero-order valence-corrected chi connectivity index (χ0v) is 8.00. The monoisotopic (exact) mass is 182 g/mol. The van der Waals surface area contributed by atoms with Crippen LogP contribution < -0.4 is 0 Å². The molecule has 0 amide bonds. The van der Waals surface area contributed by atoms with Crippen LogP contribution in [-0.2, 0) is 14.3 Å². The largest absolute Gasteiger partial charge is 0.393 e. The average molecular weight is 182 g/mol. The van der Waals surface area contributed by atoms with E-state index < -0.39 is 5.41 Å². The third-order valence-electron chi connectivity index (χ3n) is 3.81. The molecule has 1 heterocycles. The predicted octanol–water partition coefficient (Wildman–Crippen LogP) is 1.51. The quantitative estimate of drug-likeness (QED) is 0.421. The molecule has 3 nitrogen and oxygen atoms in total. The summed E-state index contributed by atoms with van der Waals surface area (Å²) in [7, 11) is 0. The summed E-state index contributed by atoms with van der Waals surface area (Å²) in [4.78, 5) is 22.6. The minimum atomic E-state index is -0.475. The highest BCUT2D eigenvalue weighted by Crippen LogP contribution is 2.53. The van der Waals surface area contributed by atoms with E-state index in [0.29, 0.717) is 18.3 Å². The topological polar surface area (TPSA) is 43.4 Å². The highest BCUT2D eigenvalue weighted by Gasteiger charge is 2.58. The SMILES string of the molecule is CC1CCC(C)C12CC(=O)OC2=O. The molecular formula is C10H14O3. The van der Waals surface area contributed by atoms with Crippen molar-refractivity contribution < 1.29 is 14.3 Å². The molecule has 0 aromatic heterocycles. The van der Waals surface area contributed by atoms with Gasteiger partial charge in [0.05, 0.1) is 11.8 Å². The summed E-state index contributed by atoms with van der Waals surface area (Å²) in [5, 5.41) is 0. The summed E-state index contributed by atoms with van der Waals surface area (Å²) in [5.74, 6) is -0.0384. The van der Waals surface area contributed by atoms with E-state index in [1.807, 2.05) is 13.8 Å². The van der Waals surface area contributed by atoms with Gasteiger partial charge in [-0.2, -0.15) is 0 Å². The molecule has 0 radical (unpaired) electrons. The van der Waals surface area contributed by atoms with Crippen molar-refractivity contribution in [2.75, 3.05) is 0 Å². The van der Waals surface area contributed by atoms with E-state index in [1.54, 1.807) is 0 Å². The molecule has 2 atom stereocenters. The van der Waals surface area contributed by atoms with Gasteiger partial charge in [-0.3, -0.25) is 9.59 Å². The van der Waals surface area contributed by atoms with Gasteiger partial charge in [0.25, 0.3) is 0 Å². The molecule has 2 fully saturated rings. The second-order valence-electron chi connectivity index (χ2n) is 4.36. The number of carbonyl (C=O) groups excluding carboxylic acids is 2. The van der Waals surface area contributed by atoms with Crippen molar-refractivity contribution in [1.82, 2.24) is 0 Å². The summed E-state index contributed by atoms with van der Waals surface area (Å²) in [6.07, 6.45) is 2.36. The lowest BCUT2D eigenvalue weighted by molar-refractivity contribution is -0.156. The maximum absolute atomic E-state index is 11.6. The van der Waals surface area contributed by atoms with Gasteiger partial charge in [-0.05, 0) is 24.7 Å². The third kappa shape index (κ3) is 0.960. The van der Waals surface area contributed by atoms with Crippen LogP contribution in [0.5, 0.6) is 0 Å². The summed E-state index contributed by atoms with van der Waals surface area (Å²) in [6, 6.07) is 0. The third-order valence-corrected chi connectivity index (χ3v) is 3.81. The Hall–Kier alpha value is -0.860. The van der Waals surface area contributed by atoms with Gasteiger partial charge in [-0.15, -0.1) is 0 Å². The van der Waals surface area contributed by atoms with E-state index in [1.165, 1.54) is 0 Å². The molecule has 2 rings (SSSR count). The maximum atomic E-state index is 11.6. The molecule has 1 spiro atoms. The fraction of sp³-hybridized carbons (Fsp3) is 0.800. The molecule has 1 aliphatic heterocycles. The molecular weight excluding hydrogens is 168 g/mol. The first-order chi connectivity index (χ1) is 6.07. The molecule has 0 bridgehead atoms. The first-order valence-corrected chi connectivity index (χ1v) is 4.82. The molecule has 0 N–H and O–H groups in total. The molecule has 0 aromatic carbocycles. The normalized spacial score (nSPS) is 44.5. The fourth-order valence-corrected chi connectivity index (χ4v) is 2.80. The number of rotatable bonds is 0. The highest BCUT2D eigenvalue weighted by molar-refractivity contribution is 5.98. The number of carbonyl (C=O) groups is 2. The van der Waals surface area contributed by atoms with Crippen molar-refractivity contribution in [3.05, 3.63) is 0 Å². The molecule has 13 heavy (non-hydrogen) atoms. The van der Waals surface area contributed by atoms with E-state index in [-0.39, 0.29) is 11.9 Å². The molecule has 2 unspecified atom stereocenters. The number of cyclic esters (lactones) is 2. The Labute approximate surface area is 77.4 Å². The second-order valence-corrected chi connectivity index (χ2v) is 4.36. The average Bonchev–Trinajstić information content (AvgIpc) is 2.49. The lowest BCUT2D eigenvalue weighted by Crippen LogP contribution is -2.34. The Balaban J connectivity index is 2.37. The van der Waals surface area contributed by atoms with Crippen LogP contribution in [0, 0.1) is 17.3 Å². The minimum Gasteiger partial charge on any atom is -0.393 e. The van der Waals surface area contributed by atoms with Gasteiger partial charge in [0.1, 0.15) is 0 Å². The van der Waals surface area contributed by atoms with Crippen LogP contribution in [-0.4, -0.2) is 11.9 Å². The number of hydrogen-bond donors (Lipinski definition) is 0. The summed E-state index contributed by atoms with van der Waals surface area (Å²) >= 11 is 0. The molecule has 1 saturated heterocycles. The van der Waals surface area contributed by atoms with Crippen LogP contribution in [0.2, 0.25) is 0 Å². The van der Waals surface area contributed by atoms with Crippen molar-refractivity contribution in [3.63, 3.8) is 0 Å². The van der Waals surface area contributed by atoms with Crippen molar-refractivity contribution in [1.29, 1.82) is 0 Å². The van der Waals surface area contributed by atoms with E-state index in [2.05, 4.69) is 4.74 Å². The van der Waals surface area contributed by atoms with Crippen molar-refractivity contribution in [2.45, 2.75) is 33.1 Å². The van der Waals surface area contributed by atoms with Crippen LogP contribution in [0.15, 0.2) is 0 Å². The first-order valence-electron chi connectivity index (χ1n) is 4.82. The second kappa shape index (κ2) is 2.56. The summed E-state index contributed by atoms with van der Waals surface area (Å²) in [5.41, 5.74) is -0.475. The molecule has 1 aliphatic carbocycles. The standard InChI is InChI=1S/C10H14O3/c1-6-3-4-7(2)10(6)5-8(11)13-9(10)12/h6-7H,3-5H2,1-2H3. The van der Waals surface area contributed by atoms with E-state index in [9.17, 15) is 9.59 Å². The minimum absolute atomic E-state index is 0.282. The van der Waals surface area contributed by atoms with Crippen LogP contribution in [0.3, 0.4) is 0 Å². The maximum Gasteiger partial charge on any atom is 0.320 e. The molecule has 1 saturated carbocycles. The zero-order valence-electron chi connectivity index (χ0n) is 8.00. The Morgan fingerprint density at radius 1 is 1.23 bits per heavy atom. The predicted molar refractivity (Wildman–Crippen MR) is 45.7 cm³/mol. The van der Waals surface area contributed by atoms with Gasteiger partial charge < -0.3 is 4.74 Å². The lowest BCUT2D eigenvalue weighted by atomic mass is 9.72. The number of ether oxygens (including phenoxy) is 1. The molecule has 2 aliphatic rings. The van der Waals surface area contributed by atoms with E-state index in [0.717, 1.165) is 12.8 Å². The smallest absolute Gasteiger partial charge is 0.320 e. The van der Waals surface area contributed by atoms with Crippen molar-refractivity contribution >= 4 is 11.9 Å². The van der Waals surface area contributed by atoms with E-state index >= 15 is 0 Å². The van der Waals surface area contributed by atoms with Crippen molar-refractivity contribution in [2.24, 2.45) is 17.3 Å². The highest BCUT2D eigenvalue weighted by atomic mass is 16.6. The molecule has 0 aromatic rings. The van der Waals surface area contributed by atoms with Crippen molar-refractivity contribution in [3.8, 4) is 0 Å². The van der Waals surface area contributed by atoms with Gasteiger partial charge in [0.15, 0.2) is 0 Å². The fourth-order valence-electron chi connectivity index (χ4n) is 2.80. The Kier molecular flexibility index (Phi) is 1.72. The Morgan fingerprint density at radius 2 is 1.77 bits per heavy atom. The number of esters is 2. The van der Waals surface area contributed by atoms with Crippen LogP contribution in [0.4, 0.5) is 0 Å². The Morgan fingerprint density at radius 3 is 2.15 bits per heavy atom. The van der Waals surface area contributed by atoms with Gasteiger partial charge in [0.2, 0.25) is 0 Å². The van der Waals surface area contributed by atoms with Crippen LogP contribution >= 0.6 is 0 Å². The van der Waals surface area contributed by atoms with E-state index in [4.69, 9.17) is 0 Å². The molecule has 3 heteroatoms. The lowest BCUT2D eigenvalue weighted by Gasteiger charge is -2.27. The van der Waals surface area contributed by atoms with Gasteiger partial charge >= 0.3 is 11.9 Å². The van der Waals surface area contributed by atoms with Gasteiger partial charge in [-0.1, -0.05) is 13.8 Å². The summed E-state index contributed by atoms with van der Waals surface area (Å²) < 4.78 is 4.66. The molecule has 72 valence electrons. The van der Waals surface area contributed by atoms with Gasteiger partial charge in [-0.25, -0.2) is 0 Å². The van der Waals surface area contributed by atoms with Crippen LogP contribution in [0.1, 0.15) is 33.1 Å². The van der Waals surface area contributed by atoms with Crippen LogP contribution in [0.25, 0.3) is 0 Å². The zero-order chi connectivity index (χ0) is 9.64. The first kappa shape index (κ1) is 8.73. The number of hydrogen-bond acceptors (Lipinski definition) is 3. The summed E-state index contributed by atoms with van der Waals surface area (Å²) in [6.45, 7) is 4.09. The Bertz CT molecular complexity index is 259. The van der Waals surface area contributed by atoms with Gasteiger partial charge in [0, 0.05) is 0 Å².